The minimum Gasteiger partial charge on any atom is -0.508 e. The predicted molar refractivity (Wildman–Crippen MR) is 168 cm³/mol. The molecule has 8 nitrogen and oxygen atoms in total. The zero-order chi connectivity index (χ0) is 30.1. The highest BCUT2D eigenvalue weighted by Crippen LogP contribution is 2.39. The molecule has 1 aromatic carbocycles. The first-order valence-electron chi connectivity index (χ1n) is 13.5. The summed E-state index contributed by atoms with van der Waals surface area (Å²) in [5.74, 6) is 1.15. The number of carbonyl (C=O) groups is 2. The second kappa shape index (κ2) is 14.8. The van der Waals surface area contributed by atoms with Crippen LogP contribution in [0.15, 0.2) is 66.2 Å². The number of anilines is 1. The van der Waals surface area contributed by atoms with Crippen molar-refractivity contribution in [2.24, 2.45) is 16.8 Å². The number of nitrogens with one attached hydrogen (secondary N) is 1. The lowest BCUT2D eigenvalue weighted by Crippen LogP contribution is -2.46. The largest absolute Gasteiger partial charge is 0.508 e. The normalized spacial score (nSPS) is 17.3. The molecular weight excluding hydrogens is 561 g/mol. The Morgan fingerprint density at radius 3 is 2.54 bits per heavy atom. The number of hydrogen-bond acceptors (Lipinski definition) is 5. The number of aliphatic imine (C=N–C) groups is 1. The number of aromatic nitrogens is 1. The Bertz CT molecular complexity index is 1340. The molecule has 218 valence electrons. The lowest BCUT2D eigenvalue weighted by Gasteiger charge is -2.37. The fraction of sp³-hybridized carbons (Fsp3) is 0.355. The zero-order valence-corrected chi connectivity index (χ0v) is 25.3. The Kier molecular flexibility index (Phi) is 11.6. The number of rotatable bonds is 13. The van der Waals surface area contributed by atoms with Gasteiger partial charge in [-0.15, -0.1) is 6.58 Å². The first-order chi connectivity index (χ1) is 19.7. The molecule has 0 fully saturated rings. The van der Waals surface area contributed by atoms with Crippen molar-refractivity contribution in [3.05, 3.63) is 76.8 Å². The van der Waals surface area contributed by atoms with E-state index >= 15 is 0 Å². The van der Waals surface area contributed by atoms with Gasteiger partial charge in [-0.2, -0.15) is 0 Å². The third-order valence-corrected chi connectivity index (χ3v) is 7.70. The molecule has 2 N–H and O–H groups in total. The van der Waals surface area contributed by atoms with E-state index in [1.54, 1.807) is 24.1 Å². The van der Waals surface area contributed by atoms with E-state index in [0.717, 1.165) is 6.41 Å². The highest BCUT2D eigenvalue weighted by atomic mass is 35.5. The molecule has 1 aromatic heterocycles. The summed E-state index contributed by atoms with van der Waals surface area (Å²) in [4.78, 5) is 37.2. The molecule has 3 rings (SSSR count). The van der Waals surface area contributed by atoms with Gasteiger partial charge in [-0.05, 0) is 43.5 Å². The third kappa shape index (κ3) is 7.37. The number of hydrogen-bond donors (Lipinski definition) is 2. The Morgan fingerprint density at radius 1 is 1.17 bits per heavy atom. The first-order valence-corrected chi connectivity index (χ1v) is 14.2. The van der Waals surface area contributed by atoms with Crippen LogP contribution in [0.2, 0.25) is 10.0 Å². The van der Waals surface area contributed by atoms with Crippen LogP contribution in [0.4, 0.5) is 5.82 Å². The Balaban J connectivity index is 2.31. The molecular formula is C31H37Cl2N5O3. The first kappa shape index (κ1) is 31.9. The fourth-order valence-corrected chi connectivity index (χ4v) is 5.45. The Hall–Kier alpha value is -3.62. The van der Waals surface area contributed by atoms with Crippen molar-refractivity contribution in [3.63, 3.8) is 0 Å². The number of phenolic OH excluding ortho intramolecular Hbond substituents is 1. The standard InChI is InChI=1S/C31H37Cl2N5O3/c1-6-7-14-37(21(4)17-35-18-39)30(34-5)25-16-27(33)29(24-15-22(41)12-13-26(24)32)36-31(25)38(19-40)28-11-9-8-10-23(28)20(2)3/h6,8-13,15-16,18-21,23,28,41H,1,7,14,17H2,2-5H3,(H,35,39)/b34-30+. The fourth-order valence-electron chi connectivity index (χ4n) is 4.99. The van der Waals surface area contributed by atoms with Gasteiger partial charge in [0.05, 0.1) is 27.3 Å². The highest BCUT2D eigenvalue weighted by Gasteiger charge is 2.33. The van der Waals surface area contributed by atoms with Crippen LogP contribution in [0.1, 0.15) is 32.8 Å². The monoisotopic (exact) mass is 597 g/mol. The van der Waals surface area contributed by atoms with Crippen LogP contribution in [0, 0.1) is 11.8 Å². The lowest BCUT2D eigenvalue weighted by molar-refractivity contribution is -0.110. The van der Waals surface area contributed by atoms with E-state index in [9.17, 15) is 14.7 Å². The molecule has 1 aliphatic carbocycles. The summed E-state index contributed by atoms with van der Waals surface area (Å²) in [7, 11) is 1.67. The average Bonchev–Trinajstić information content (AvgIpc) is 2.96. The van der Waals surface area contributed by atoms with Gasteiger partial charge >= 0.3 is 0 Å². The van der Waals surface area contributed by atoms with Gasteiger partial charge in [-0.1, -0.05) is 67.4 Å². The summed E-state index contributed by atoms with van der Waals surface area (Å²) in [6.07, 6.45) is 11.9. The van der Waals surface area contributed by atoms with Crippen LogP contribution in [0.5, 0.6) is 5.75 Å². The van der Waals surface area contributed by atoms with E-state index in [0.29, 0.717) is 59.4 Å². The van der Waals surface area contributed by atoms with Crippen molar-refractivity contribution in [2.45, 2.75) is 39.3 Å². The van der Waals surface area contributed by atoms with Crippen LogP contribution in [0.25, 0.3) is 11.3 Å². The van der Waals surface area contributed by atoms with E-state index in [4.69, 9.17) is 28.2 Å². The molecule has 0 spiro atoms. The molecule has 10 heteroatoms. The molecule has 0 saturated carbocycles. The maximum Gasteiger partial charge on any atom is 0.215 e. The summed E-state index contributed by atoms with van der Waals surface area (Å²) in [5, 5.41) is 13.6. The molecule has 2 amide bonds. The van der Waals surface area contributed by atoms with Gasteiger partial charge in [0, 0.05) is 37.7 Å². The molecule has 0 bridgehead atoms. The van der Waals surface area contributed by atoms with Gasteiger partial charge in [0.2, 0.25) is 12.8 Å². The summed E-state index contributed by atoms with van der Waals surface area (Å²) in [5.41, 5.74) is 1.28. The van der Waals surface area contributed by atoms with Crippen molar-refractivity contribution >= 4 is 47.7 Å². The van der Waals surface area contributed by atoms with Crippen LogP contribution in [-0.4, -0.2) is 65.9 Å². The summed E-state index contributed by atoms with van der Waals surface area (Å²) >= 11 is 13.4. The Labute approximate surface area is 252 Å². The van der Waals surface area contributed by atoms with Gasteiger partial charge in [-0.3, -0.25) is 19.5 Å². The molecule has 0 saturated heterocycles. The summed E-state index contributed by atoms with van der Waals surface area (Å²) in [6.45, 7) is 11.0. The van der Waals surface area contributed by atoms with Gasteiger partial charge in [-0.25, -0.2) is 4.98 Å². The zero-order valence-electron chi connectivity index (χ0n) is 23.8. The topological polar surface area (TPSA) is 98.1 Å². The number of benzene rings is 1. The van der Waals surface area contributed by atoms with Crippen LogP contribution in [0.3, 0.4) is 0 Å². The summed E-state index contributed by atoms with van der Waals surface area (Å²) < 4.78 is 0. The maximum absolute atomic E-state index is 12.9. The molecule has 1 aliphatic rings. The highest BCUT2D eigenvalue weighted by molar-refractivity contribution is 6.36. The van der Waals surface area contributed by atoms with Crippen LogP contribution >= 0.6 is 23.2 Å². The van der Waals surface area contributed by atoms with Gasteiger partial charge in [0.15, 0.2) is 0 Å². The predicted octanol–water partition coefficient (Wildman–Crippen LogP) is 5.88. The van der Waals surface area contributed by atoms with E-state index in [1.807, 2.05) is 36.1 Å². The van der Waals surface area contributed by atoms with E-state index in [1.165, 1.54) is 12.1 Å². The smallest absolute Gasteiger partial charge is 0.215 e. The second-order valence-corrected chi connectivity index (χ2v) is 11.0. The number of halogens is 2. The van der Waals surface area contributed by atoms with Crippen molar-refractivity contribution in [2.75, 3.05) is 25.0 Å². The Morgan fingerprint density at radius 2 is 1.90 bits per heavy atom. The van der Waals surface area contributed by atoms with Gasteiger partial charge in [0.25, 0.3) is 0 Å². The second-order valence-electron chi connectivity index (χ2n) is 10.1. The van der Waals surface area contributed by atoms with Gasteiger partial charge < -0.3 is 15.3 Å². The number of aromatic hydroxyl groups is 1. The third-order valence-electron chi connectivity index (χ3n) is 7.08. The number of pyridine rings is 1. The molecule has 41 heavy (non-hydrogen) atoms. The summed E-state index contributed by atoms with van der Waals surface area (Å²) in [6, 6.07) is 5.78. The number of amidine groups is 1. The lowest BCUT2D eigenvalue weighted by atomic mass is 9.84. The van der Waals surface area contributed by atoms with Crippen molar-refractivity contribution in [1.29, 1.82) is 0 Å². The number of phenols is 1. The maximum atomic E-state index is 12.9. The average molecular weight is 599 g/mol. The number of nitrogens with zero attached hydrogens (tertiary/aromatic N) is 4. The molecule has 1 heterocycles. The minimum absolute atomic E-state index is 0.00303. The van der Waals surface area contributed by atoms with Crippen LogP contribution < -0.4 is 10.2 Å². The molecule has 3 unspecified atom stereocenters. The van der Waals surface area contributed by atoms with E-state index < -0.39 is 0 Å². The van der Waals surface area contributed by atoms with E-state index in [-0.39, 0.29) is 34.7 Å². The molecule has 2 aromatic rings. The number of amides is 2. The molecule has 0 aliphatic heterocycles. The van der Waals surface area contributed by atoms with E-state index in [2.05, 4.69) is 36.8 Å². The minimum atomic E-state index is -0.327. The van der Waals surface area contributed by atoms with Gasteiger partial charge in [0.1, 0.15) is 17.4 Å². The molecule has 0 radical (unpaired) electrons. The van der Waals surface area contributed by atoms with Crippen molar-refractivity contribution in [1.82, 2.24) is 15.2 Å². The van der Waals surface area contributed by atoms with Crippen LogP contribution in [-0.2, 0) is 9.59 Å². The van der Waals surface area contributed by atoms with Crippen molar-refractivity contribution in [3.8, 4) is 17.0 Å². The molecule has 3 atom stereocenters. The number of carbonyl (C=O) groups excluding carboxylic acids is 2. The number of allylic oxidation sites excluding steroid dienone is 2. The van der Waals surface area contributed by atoms with Crippen molar-refractivity contribution < 1.29 is 14.7 Å². The SMILES string of the molecule is C=CCCN(/C(=N/C)c1cc(Cl)c(-c2cc(O)ccc2Cl)nc1N(C=O)C1C=CC=CC1C(C)C)C(C)CNC=O. The quantitative estimate of drug-likeness (QED) is 0.130.